The Balaban J connectivity index is 3.08. The molecule has 1 aromatic heterocycles. The summed E-state index contributed by atoms with van der Waals surface area (Å²) in [6, 6.07) is 0. The Hall–Kier alpha value is -0.980. The van der Waals surface area contributed by atoms with Crippen LogP contribution in [0, 0.1) is 0 Å². The van der Waals surface area contributed by atoms with Gasteiger partial charge < -0.3 is 5.11 Å². The van der Waals surface area contributed by atoms with Gasteiger partial charge >= 0.3 is 5.97 Å². The van der Waals surface area contributed by atoms with Crippen LogP contribution in [0.3, 0.4) is 0 Å². The van der Waals surface area contributed by atoms with Gasteiger partial charge in [0.2, 0.25) is 0 Å². The van der Waals surface area contributed by atoms with E-state index in [1.54, 1.807) is 0 Å². The number of rotatable bonds is 1. The van der Waals surface area contributed by atoms with Crippen LogP contribution in [0.2, 0.25) is 0 Å². The molecule has 0 saturated heterocycles. The van der Waals surface area contributed by atoms with Crippen molar-refractivity contribution in [2.24, 2.45) is 0 Å². The fraction of sp³-hybridized carbons (Fsp3) is 0. The first-order valence-corrected chi connectivity index (χ1v) is 2.60. The molecule has 7 heteroatoms. The number of aromatic nitrogens is 4. The Bertz CT molecular complexity index is 232. The summed E-state index contributed by atoms with van der Waals surface area (Å²) < 4.78 is 0.898. The van der Waals surface area contributed by atoms with Gasteiger partial charge in [-0.05, 0) is 10.4 Å². The second-order valence-electron chi connectivity index (χ2n) is 1.17. The topological polar surface area (TPSA) is 80.9 Å². The van der Waals surface area contributed by atoms with Crippen molar-refractivity contribution in [3.63, 3.8) is 0 Å². The fourth-order valence-electron chi connectivity index (χ4n) is 0.298. The van der Waals surface area contributed by atoms with Gasteiger partial charge in [-0.25, -0.2) is 4.79 Å². The van der Waals surface area contributed by atoms with Crippen molar-refractivity contribution in [1.82, 2.24) is 19.2 Å². The smallest absolute Gasteiger partial charge is 0.376 e. The third-order valence-electron chi connectivity index (χ3n) is 0.624. The van der Waals surface area contributed by atoms with Gasteiger partial charge in [0.25, 0.3) is 5.82 Å². The zero-order valence-corrected chi connectivity index (χ0v) is 5.61. The van der Waals surface area contributed by atoms with Crippen LogP contribution >= 0.6 is 16.1 Å². The highest BCUT2D eigenvalue weighted by molar-refractivity contribution is 9.08. The molecule has 0 fully saturated rings. The second-order valence-corrected chi connectivity index (χ2v) is 1.84. The molecule has 0 aromatic carbocycles. The van der Waals surface area contributed by atoms with Crippen LogP contribution in [-0.4, -0.2) is 30.3 Å². The Labute approximate surface area is 57.8 Å². The highest BCUT2D eigenvalue weighted by Gasteiger charge is 2.10. The lowest BCUT2D eigenvalue weighted by Crippen LogP contribution is -2.02. The molecule has 6 nitrogen and oxygen atoms in total. The van der Waals surface area contributed by atoms with Crippen LogP contribution in [0.25, 0.3) is 0 Å². The molecule has 0 radical (unpaired) electrons. The van der Waals surface area contributed by atoms with Crippen LogP contribution < -0.4 is 0 Å². The number of hydrogen-bond acceptors (Lipinski definition) is 4. The van der Waals surface area contributed by atoms with Crippen LogP contribution in [0.15, 0.2) is 0 Å². The van der Waals surface area contributed by atoms with Crippen molar-refractivity contribution < 1.29 is 9.90 Å². The molecule has 0 spiro atoms. The molecule has 0 atom stereocenters. The maximum Gasteiger partial charge on any atom is 0.376 e. The average Bonchev–Trinajstić information content (AvgIpc) is 2.13. The largest absolute Gasteiger partial charge is 0.475 e. The van der Waals surface area contributed by atoms with Gasteiger partial charge in [-0.3, -0.25) is 0 Å². The Morgan fingerprint density at radius 2 is 2.44 bits per heavy atom. The van der Waals surface area contributed by atoms with Gasteiger partial charge in [0, 0.05) is 0 Å². The summed E-state index contributed by atoms with van der Waals surface area (Å²) >= 11 is 2.77. The van der Waals surface area contributed by atoms with Gasteiger partial charge in [0.15, 0.2) is 0 Å². The minimum Gasteiger partial charge on any atom is -0.475 e. The number of halogens is 1. The summed E-state index contributed by atoms with van der Waals surface area (Å²) in [5, 5.41) is 17.7. The number of carboxylic acids is 1. The first-order chi connectivity index (χ1) is 4.22. The summed E-state index contributed by atoms with van der Waals surface area (Å²) in [6.45, 7) is 0. The molecule has 0 aliphatic heterocycles. The van der Waals surface area contributed by atoms with Crippen LogP contribution in [0.4, 0.5) is 0 Å². The number of tetrazole rings is 1. The number of nitrogens with zero attached hydrogens (tertiary/aromatic N) is 4. The highest BCUT2D eigenvalue weighted by Crippen LogP contribution is 1.93. The van der Waals surface area contributed by atoms with E-state index in [2.05, 4.69) is 31.7 Å². The molecular formula is C2HBrN4O2. The number of aromatic carboxylic acids is 1. The van der Waals surface area contributed by atoms with E-state index in [9.17, 15) is 4.79 Å². The van der Waals surface area contributed by atoms with E-state index in [0.29, 0.717) is 0 Å². The SMILES string of the molecule is O=C(O)c1nnnn1Br. The first kappa shape index (κ1) is 6.14. The van der Waals surface area contributed by atoms with Crippen molar-refractivity contribution in [3.8, 4) is 0 Å². The van der Waals surface area contributed by atoms with Gasteiger partial charge in [0.1, 0.15) is 0 Å². The zero-order chi connectivity index (χ0) is 6.85. The quantitative estimate of drug-likeness (QED) is 0.651. The molecule has 48 valence electrons. The molecule has 9 heavy (non-hydrogen) atoms. The maximum atomic E-state index is 10.1. The average molecular weight is 193 g/mol. The standard InChI is InChI=1S/C2HBrN4O2/c3-7-1(2(8)9)4-5-6-7/h(H,8,9). The van der Waals surface area contributed by atoms with E-state index in [1.807, 2.05) is 0 Å². The van der Waals surface area contributed by atoms with E-state index in [0.717, 1.165) is 3.71 Å². The Kier molecular flexibility index (Phi) is 1.43. The van der Waals surface area contributed by atoms with E-state index in [1.165, 1.54) is 0 Å². The van der Waals surface area contributed by atoms with Crippen molar-refractivity contribution in [2.75, 3.05) is 0 Å². The van der Waals surface area contributed by atoms with Gasteiger partial charge in [0.05, 0.1) is 16.1 Å². The summed E-state index contributed by atoms with van der Waals surface area (Å²) in [5.74, 6) is -1.41. The maximum absolute atomic E-state index is 10.1. The number of hydrogen-bond donors (Lipinski definition) is 1. The number of carboxylic acid groups (broad SMARTS) is 1. The molecule has 0 bridgehead atoms. The second kappa shape index (κ2) is 2.09. The fourth-order valence-corrected chi connectivity index (χ4v) is 0.584. The van der Waals surface area contributed by atoms with Crippen molar-refractivity contribution in [2.45, 2.75) is 0 Å². The van der Waals surface area contributed by atoms with Gasteiger partial charge in [-0.15, -0.1) is 8.81 Å². The first-order valence-electron chi connectivity index (χ1n) is 1.89. The predicted octanol–water partition coefficient (Wildman–Crippen LogP) is -0.471. The Morgan fingerprint density at radius 1 is 1.78 bits per heavy atom. The van der Waals surface area contributed by atoms with Crippen molar-refractivity contribution in [3.05, 3.63) is 5.82 Å². The molecule has 0 unspecified atom stereocenters. The molecule has 1 aromatic rings. The summed E-state index contributed by atoms with van der Waals surface area (Å²) in [6.07, 6.45) is 0. The molecular weight excluding hydrogens is 192 g/mol. The molecule has 1 rings (SSSR count). The zero-order valence-electron chi connectivity index (χ0n) is 4.02. The monoisotopic (exact) mass is 192 g/mol. The van der Waals surface area contributed by atoms with E-state index in [-0.39, 0.29) is 5.82 Å². The van der Waals surface area contributed by atoms with Crippen LogP contribution in [0.5, 0.6) is 0 Å². The Morgan fingerprint density at radius 3 is 2.67 bits per heavy atom. The number of carbonyl (C=O) groups is 1. The lowest BCUT2D eigenvalue weighted by atomic mass is 10.7. The normalized spacial score (nSPS) is 9.44. The molecule has 1 N–H and O–H groups in total. The van der Waals surface area contributed by atoms with Crippen LogP contribution in [0.1, 0.15) is 10.6 Å². The van der Waals surface area contributed by atoms with Gasteiger partial charge in [-0.1, -0.05) is 0 Å². The minimum atomic E-state index is -1.17. The summed E-state index contributed by atoms with van der Waals surface area (Å²) in [4.78, 5) is 10.1. The van der Waals surface area contributed by atoms with Gasteiger partial charge in [-0.2, -0.15) is 0 Å². The van der Waals surface area contributed by atoms with E-state index >= 15 is 0 Å². The highest BCUT2D eigenvalue weighted by atomic mass is 79.9. The third kappa shape index (κ3) is 1.04. The molecule has 0 saturated carbocycles. The molecule has 1 heterocycles. The van der Waals surface area contributed by atoms with Crippen LogP contribution in [-0.2, 0) is 0 Å². The van der Waals surface area contributed by atoms with Crippen molar-refractivity contribution in [1.29, 1.82) is 0 Å². The van der Waals surface area contributed by atoms with E-state index < -0.39 is 5.97 Å². The summed E-state index contributed by atoms with van der Waals surface area (Å²) in [7, 11) is 0. The lowest BCUT2D eigenvalue weighted by Gasteiger charge is -1.83. The van der Waals surface area contributed by atoms with Crippen molar-refractivity contribution >= 4 is 22.1 Å². The predicted molar refractivity (Wildman–Crippen MR) is 29.1 cm³/mol. The molecule has 0 aliphatic carbocycles. The third-order valence-corrected chi connectivity index (χ3v) is 1.10. The lowest BCUT2D eigenvalue weighted by molar-refractivity contribution is 0.0682. The minimum absolute atomic E-state index is 0.241. The molecule has 0 aliphatic rings. The molecule has 0 amide bonds. The summed E-state index contributed by atoms with van der Waals surface area (Å²) in [5.41, 5.74) is 0. The van der Waals surface area contributed by atoms with E-state index in [4.69, 9.17) is 5.11 Å².